The number of nitrogens with two attached hydrogens (primary N) is 1. The molecule has 0 fully saturated rings. The van der Waals surface area contributed by atoms with Crippen molar-refractivity contribution in [3.63, 3.8) is 0 Å². The molecule has 0 saturated carbocycles. The smallest absolute Gasteiger partial charge is 0.780 e. The maximum atomic E-state index is 12.6. The number of rotatable bonds is 11. The number of carbonyl (C=O) groups is 3. The number of nitrogen functional groups attached to an aromatic ring is 1. The van der Waals surface area contributed by atoms with Gasteiger partial charge in [0.25, 0.3) is 5.91 Å². The Labute approximate surface area is 294 Å². The number of amides is 1. The molecule has 2 heterocycles. The number of phosphoric ester groups is 2. The van der Waals surface area contributed by atoms with Gasteiger partial charge in [0.05, 0.1) is 18.4 Å². The van der Waals surface area contributed by atoms with Crippen LogP contribution in [0.25, 0.3) is 11.2 Å². The Morgan fingerprint density at radius 2 is 1.62 bits per heavy atom. The standard InChI is InChI=1S/C19H21N7O12P2.2Ca/c20-19-25-15-14(17(29)26-19)23-11(8-22-15)7-21-10-3-1-9(2-4-10)16(28)24-12(18(30)38-40(34,35)36)5-6-13(27)37-39(31,32)33;;/h1-4,8,12,21H,5-7H2,(H,24,28)(H2,31,32,33)(H2,34,35,36)(H3,20,22,25,26,29);;/q;2*+2/p-4/t12-;;/m0../s1. The van der Waals surface area contributed by atoms with Gasteiger partial charge < -0.3 is 59.1 Å². The van der Waals surface area contributed by atoms with E-state index in [4.69, 9.17) is 5.73 Å². The second kappa shape index (κ2) is 16.4. The van der Waals surface area contributed by atoms with Crippen LogP contribution in [0, 0.1) is 0 Å². The first-order chi connectivity index (χ1) is 18.6. The summed E-state index contributed by atoms with van der Waals surface area (Å²) in [5.74, 6) is -4.44. The van der Waals surface area contributed by atoms with E-state index < -0.39 is 57.9 Å². The van der Waals surface area contributed by atoms with Crippen molar-refractivity contribution in [2.45, 2.75) is 25.4 Å². The molecule has 1 atom stereocenters. The third kappa shape index (κ3) is 12.5. The normalized spacial score (nSPS) is 11.8. The van der Waals surface area contributed by atoms with Crippen molar-refractivity contribution in [3.8, 4) is 0 Å². The van der Waals surface area contributed by atoms with Crippen LogP contribution >= 0.6 is 15.6 Å². The number of hydrogen-bond acceptors (Lipinski definition) is 17. The zero-order chi connectivity index (χ0) is 29.7. The van der Waals surface area contributed by atoms with Crippen LogP contribution in [-0.2, 0) is 34.3 Å². The zero-order valence-corrected chi connectivity index (χ0v) is 27.4. The van der Waals surface area contributed by atoms with Gasteiger partial charge in [-0.05, 0) is 30.7 Å². The summed E-state index contributed by atoms with van der Waals surface area (Å²) in [6.07, 6.45) is -0.329. The molecule has 0 aliphatic carbocycles. The molecule has 2 aromatic heterocycles. The minimum Gasteiger partial charge on any atom is -0.780 e. The molecule has 1 aromatic carbocycles. The number of hydrogen-bond donors (Lipinski definition) is 4. The van der Waals surface area contributed by atoms with E-state index >= 15 is 0 Å². The molecule has 0 radical (unpaired) electrons. The average Bonchev–Trinajstić information content (AvgIpc) is 2.83. The van der Waals surface area contributed by atoms with Crippen molar-refractivity contribution in [1.82, 2.24) is 25.3 Å². The summed E-state index contributed by atoms with van der Waals surface area (Å²) >= 11 is 0. The molecule has 5 N–H and O–H groups in total. The average molecular weight is 677 g/mol. The molecule has 214 valence electrons. The predicted molar refractivity (Wildman–Crippen MR) is 136 cm³/mol. The Morgan fingerprint density at radius 3 is 2.21 bits per heavy atom. The number of nitrogens with zero attached hydrogens (tertiary/aromatic N) is 3. The fourth-order valence-electron chi connectivity index (χ4n) is 3.09. The number of aromatic nitrogens is 4. The van der Waals surface area contributed by atoms with Gasteiger partial charge in [-0.1, -0.05) is 0 Å². The van der Waals surface area contributed by atoms with Crippen LogP contribution in [-0.4, -0.2) is 119 Å². The van der Waals surface area contributed by atoms with Crippen molar-refractivity contribution in [3.05, 3.63) is 52.1 Å². The summed E-state index contributed by atoms with van der Waals surface area (Å²) in [5.41, 5.74) is 5.69. The van der Waals surface area contributed by atoms with Gasteiger partial charge in [-0.3, -0.25) is 14.4 Å². The van der Waals surface area contributed by atoms with Crippen LogP contribution in [0.4, 0.5) is 11.6 Å². The molecular weight excluding hydrogens is 660 g/mol. The van der Waals surface area contributed by atoms with E-state index in [1.165, 1.54) is 30.5 Å². The first-order valence-electron chi connectivity index (χ1n) is 10.8. The van der Waals surface area contributed by atoms with Crippen molar-refractivity contribution < 1.29 is 52.1 Å². The van der Waals surface area contributed by atoms with Crippen LogP contribution in [0.3, 0.4) is 0 Å². The molecule has 0 spiro atoms. The van der Waals surface area contributed by atoms with Crippen LogP contribution in [0.2, 0.25) is 0 Å². The monoisotopic (exact) mass is 677 g/mol. The Hall–Kier alpha value is -1.73. The van der Waals surface area contributed by atoms with Gasteiger partial charge in [0.1, 0.15) is 21.7 Å². The predicted octanol–water partition coefficient (Wildman–Crippen LogP) is -4.23. The minimum absolute atomic E-state index is 0. The summed E-state index contributed by atoms with van der Waals surface area (Å²) in [4.78, 5) is 105. The molecule has 0 unspecified atom stereocenters. The van der Waals surface area contributed by atoms with Crippen molar-refractivity contribution in [2.75, 3.05) is 11.1 Å². The zero-order valence-electron chi connectivity index (χ0n) is 21.2. The molecule has 42 heavy (non-hydrogen) atoms. The van der Waals surface area contributed by atoms with Gasteiger partial charge in [0, 0.05) is 17.7 Å². The van der Waals surface area contributed by atoms with Gasteiger partial charge in [0.15, 0.2) is 11.2 Å². The first kappa shape index (κ1) is 38.3. The third-order valence-corrected chi connectivity index (χ3v) is 5.59. The second-order valence-corrected chi connectivity index (χ2v) is 9.90. The molecular formula is C19H17Ca2N7O12P2. The Balaban J connectivity index is 0.00000441. The van der Waals surface area contributed by atoms with Crippen molar-refractivity contribution in [1.29, 1.82) is 0 Å². The minimum atomic E-state index is -5.84. The maximum absolute atomic E-state index is 12.6. The summed E-state index contributed by atoms with van der Waals surface area (Å²) in [7, 11) is -11.5. The van der Waals surface area contributed by atoms with Crippen molar-refractivity contribution >= 4 is 132 Å². The first-order valence-corrected chi connectivity index (χ1v) is 13.7. The Kier molecular flexibility index (Phi) is 14.9. The van der Waals surface area contributed by atoms with E-state index in [1.54, 1.807) is 0 Å². The van der Waals surface area contributed by atoms with Crippen LogP contribution in [0.5, 0.6) is 0 Å². The SMILES string of the molecule is Nc1nc(=O)c2nc(CNc3ccc(C(=O)N[C@@H](CCC(=O)OP(=O)([O-])[O-])C(=O)OP(=O)([O-])[O-])cc3)cnc2[nH]1.[Ca+2].[Ca+2]. The fourth-order valence-corrected chi connectivity index (χ4v) is 3.78. The van der Waals surface area contributed by atoms with Crippen LogP contribution < -0.4 is 41.5 Å². The van der Waals surface area contributed by atoms with Gasteiger partial charge in [-0.15, -0.1) is 0 Å². The van der Waals surface area contributed by atoms with Crippen molar-refractivity contribution in [2.24, 2.45) is 0 Å². The van der Waals surface area contributed by atoms with E-state index in [2.05, 4.69) is 34.3 Å². The summed E-state index contributed by atoms with van der Waals surface area (Å²) in [6.45, 7) is 0.104. The van der Waals surface area contributed by atoms with E-state index in [0.29, 0.717) is 11.4 Å². The van der Waals surface area contributed by atoms with E-state index in [0.717, 1.165) is 0 Å². The van der Waals surface area contributed by atoms with Gasteiger partial charge in [0.2, 0.25) is 5.95 Å². The molecule has 1 amide bonds. The van der Waals surface area contributed by atoms with E-state index in [1.807, 2.05) is 5.32 Å². The van der Waals surface area contributed by atoms with E-state index in [-0.39, 0.29) is 105 Å². The Morgan fingerprint density at radius 1 is 1.00 bits per heavy atom. The Bertz CT molecular complexity index is 1600. The van der Waals surface area contributed by atoms with Gasteiger partial charge >= 0.3 is 93.0 Å². The number of benzene rings is 1. The van der Waals surface area contributed by atoms with Crippen LogP contribution in [0.1, 0.15) is 28.9 Å². The third-order valence-electron chi connectivity index (χ3n) is 4.76. The molecule has 19 nitrogen and oxygen atoms in total. The molecule has 3 aromatic rings. The number of phosphoric acid groups is 2. The number of nitrogens with one attached hydrogen (secondary N) is 3. The molecule has 3 rings (SSSR count). The fraction of sp³-hybridized carbons (Fsp3) is 0.211. The number of carbonyl (C=O) groups excluding carboxylic acids is 3. The molecule has 0 aliphatic rings. The van der Waals surface area contributed by atoms with Gasteiger partial charge in [-0.25, -0.2) is 14.8 Å². The molecule has 0 bridgehead atoms. The quantitative estimate of drug-likeness (QED) is 0.110. The van der Waals surface area contributed by atoms with Crippen LogP contribution in [0.15, 0.2) is 35.3 Å². The number of fused-ring (bicyclic) bond motifs is 1. The molecule has 0 saturated heterocycles. The number of anilines is 2. The second-order valence-electron chi connectivity index (χ2n) is 7.75. The molecule has 23 heteroatoms. The topological polar surface area (TPSA) is 318 Å². The summed E-state index contributed by atoms with van der Waals surface area (Å²) < 4.78 is 28.6. The number of H-pyrrole nitrogens is 1. The number of aromatic amines is 1. The summed E-state index contributed by atoms with van der Waals surface area (Å²) in [5, 5.41) is 5.01. The molecule has 0 aliphatic heterocycles. The largest absolute Gasteiger partial charge is 2.00 e. The summed E-state index contributed by atoms with van der Waals surface area (Å²) in [6, 6.07) is 3.54. The maximum Gasteiger partial charge on any atom is 2.00 e. The van der Waals surface area contributed by atoms with Gasteiger partial charge in [-0.2, -0.15) is 4.98 Å². The van der Waals surface area contributed by atoms with E-state index in [9.17, 15) is 47.9 Å².